The lowest BCUT2D eigenvalue weighted by Gasteiger charge is -2.26. The van der Waals surface area contributed by atoms with Crippen LogP contribution in [0.3, 0.4) is 0 Å². The number of ether oxygens (including phenoxy) is 1. The third-order valence-electron chi connectivity index (χ3n) is 5.60. The molecule has 0 unspecified atom stereocenters. The fourth-order valence-electron chi connectivity index (χ4n) is 3.57. The summed E-state index contributed by atoms with van der Waals surface area (Å²) < 4.78 is 5.58. The van der Waals surface area contributed by atoms with E-state index in [0.717, 1.165) is 34.2 Å². The van der Waals surface area contributed by atoms with Gasteiger partial charge < -0.3 is 4.74 Å². The molecule has 12 heteroatoms. The highest BCUT2D eigenvalue weighted by Crippen LogP contribution is 2.35. The van der Waals surface area contributed by atoms with Crippen molar-refractivity contribution in [2.75, 3.05) is 4.90 Å². The van der Waals surface area contributed by atoms with Gasteiger partial charge in [0.05, 0.1) is 21.6 Å². The summed E-state index contributed by atoms with van der Waals surface area (Å²) in [6.07, 6.45) is 1.26. The molecular weight excluding hydrogens is 484 g/mol. The Kier molecular flexibility index (Phi) is 6.48. The summed E-state index contributed by atoms with van der Waals surface area (Å²) in [5.74, 6) is -1.84. The van der Waals surface area contributed by atoms with Gasteiger partial charge in [0.2, 0.25) is 5.75 Å². The van der Waals surface area contributed by atoms with E-state index in [1.54, 1.807) is 24.3 Å². The number of hydrogen-bond acceptors (Lipinski definition) is 8. The van der Waals surface area contributed by atoms with Crippen molar-refractivity contribution in [2.24, 2.45) is 0 Å². The molecule has 1 heterocycles. The van der Waals surface area contributed by atoms with Crippen LogP contribution in [0.2, 0.25) is 0 Å². The van der Waals surface area contributed by atoms with Crippen LogP contribution < -0.4 is 15.0 Å². The van der Waals surface area contributed by atoms with Gasteiger partial charge in [-0.2, -0.15) is 0 Å². The van der Waals surface area contributed by atoms with Gasteiger partial charge in [-0.05, 0) is 66.9 Å². The van der Waals surface area contributed by atoms with E-state index >= 15 is 0 Å². The molecule has 186 valence electrons. The summed E-state index contributed by atoms with van der Waals surface area (Å²) in [7, 11) is 0. The number of rotatable bonds is 6. The van der Waals surface area contributed by atoms with Crippen LogP contribution in [0.4, 0.5) is 21.9 Å². The molecule has 1 aliphatic heterocycles. The van der Waals surface area contributed by atoms with Crippen molar-refractivity contribution in [2.45, 2.75) is 13.8 Å². The number of urea groups is 1. The number of nitro groups is 2. The molecular formula is C25H18N4O8. The molecule has 1 saturated heterocycles. The Hall–Kier alpha value is -5.39. The van der Waals surface area contributed by atoms with Crippen LogP contribution in [0.1, 0.15) is 16.7 Å². The van der Waals surface area contributed by atoms with Crippen molar-refractivity contribution in [3.05, 3.63) is 103 Å². The standard InChI is InChI=1S/C25H18N4O8/c1-14-6-7-17(10-15(14)2)27-24(31)20(23(30)26-25(27)32)12-16-4-3-5-19(11-16)37-22-9-8-18(28(33)34)13-21(22)29(35)36/h3-13H,1-2H3,(H,26,30,32)/b20-12-. The average molecular weight is 502 g/mol. The van der Waals surface area contributed by atoms with Crippen molar-refractivity contribution in [1.29, 1.82) is 0 Å². The van der Waals surface area contributed by atoms with E-state index in [2.05, 4.69) is 5.32 Å². The number of amides is 4. The number of nitrogens with one attached hydrogen (secondary N) is 1. The Labute approximate surface area is 209 Å². The Morgan fingerprint density at radius 3 is 2.32 bits per heavy atom. The third-order valence-corrected chi connectivity index (χ3v) is 5.60. The van der Waals surface area contributed by atoms with Crippen molar-refractivity contribution in [3.63, 3.8) is 0 Å². The number of hydrogen-bond donors (Lipinski definition) is 1. The van der Waals surface area contributed by atoms with E-state index in [0.29, 0.717) is 11.3 Å². The Bertz CT molecular complexity index is 1530. The Morgan fingerprint density at radius 1 is 0.892 bits per heavy atom. The summed E-state index contributed by atoms with van der Waals surface area (Å²) in [5, 5.41) is 24.5. The van der Waals surface area contributed by atoms with Crippen LogP contribution >= 0.6 is 0 Å². The minimum atomic E-state index is -0.882. The maximum atomic E-state index is 13.1. The van der Waals surface area contributed by atoms with Crippen molar-refractivity contribution < 1.29 is 29.0 Å². The zero-order chi connectivity index (χ0) is 26.9. The minimum absolute atomic E-state index is 0.108. The first-order valence-electron chi connectivity index (χ1n) is 10.7. The number of aryl methyl sites for hydroxylation is 2. The number of barbiturate groups is 1. The van der Waals surface area contributed by atoms with Gasteiger partial charge in [0.15, 0.2) is 0 Å². The molecule has 1 N–H and O–H groups in total. The molecule has 4 amide bonds. The second-order valence-corrected chi connectivity index (χ2v) is 8.07. The van der Waals surface area contributed by atoms with Gasteiger partial charge >= 0.3 is 11.7 Å². The first kappa shape index (κ1) is 24.7. The second-order valence-electron chi connectivity index (χ2n) is 8.07. The van der Waals surface area contributed by atoms with Crippen LogP contribution in [-0.2, 0) is 9.59 Å². The number of carbonyl (C=O) groups is 3. The largest absolute Gasteiger partial charge is 0.450 e. The first-order valence-corrected chi connectivity index (χ1v) is 10.7. The van der Waals surface area contributed by atoms with Gasteiger partial charge in [0.1, 0.15) is 11.3 Å². The summed E-state index contributed by atoms with van der Waals surface area (Å²) in [5.41, 5.74) is 1.05. The lowest BCUT2D eigenvalue weighted by molar-refractivity contribution is -0.394. The van der Waals surface area contributed by atoms with Gasteiger partial charge in [-0.1, -0.05) is 18.2 Å². The first-order chi connectivity index (χ1) is 17.5. The van der Waals surface area contributed by atoms with Crippen LogP contribution in [0.25, 0.3) is 6.08 Å². The molecule has 0 aliphatic carbocycles. The number of imide groups is 2. The van der Waals surface area contributed by atoms with E-state index in [1.807, 2.05) is 13.8 Å². The number of carbonyl (C=O) groups excluding carboxylic acids is 3. The van der Waals surface area contributed by atoms with Gasteiger partial charge in [-0.25, -0.2) is 9.69 Å². The maximum Gasteiger partial charge on any atom is 0.335 e. The molecule has 0 atom stereocenters. The lowest BCUT2D eigenvalue weighted by atomic mass is 10.0. The van der Waals surface area contributed by atoms with E-state index in [1.165, 1.54) is 24.3 Å². The van der Waals surface area contributed by atoms with Gasteiger partial charge in [-0.3, -0.25) is 35.1 Å². The monoisotopic (exact) mass is 502 g/mol. The maximum absolute atomic E-state index is 13.1. The summed E-state index contributed by atoms with van der Waals surface area (Å²) >= 11 is 0. The van der Waals surface area contributed by atoms with Gasteiger partial charge in [0.25, 0.3) is 17.5 Å². The number of nitro benzene ring substituents is 2. The molecule has 1 aliphatic rings. The number of non-ortho nitro benzene ring substituents is 1. The van der Waals surface area contributed by atoms with E-state index < -0.39 is 39.1 Å². The summed E-state index contributed by atoms with van der Waals surface area (Å²) in [6, 6.07) is 13.1. The van der Waals surface area contributed by atoms with E-state index in [4.69, 9.17) is 4.74 Å². The van der Waals surface area contributed by atoms with Crippen molar-refractivity contribution in [3.8, 4) is 11.5 Å². The third kappa shape index (κ3) is 5.03. The second kappa shape index (κ2) is 9.70. The van der Waals surface area contributed by atoms with Crippen LogP contribution in [-0.4, -0.2) is 27.7 Å². The van der Waals surface area contributed by atoms with Crippen LogP contribution in [0.15, 0.2) is 66.2 Å². The fourth-order valence-corrected chi connectivity index (χ4v) is 3.57. The molecule has 1 fully saturated rings. The van der Waals surface area contributed by atoms with E-state index in [-0.39, 0.29) is 17.1 Å². The van der Waals surface area contributed by atoms with E-state index in [9.17, 15) is 34.6 Å². The van der Waals surface area contributed by atoms with Crippen molar-refractivity contribution in [1.82, 2.24) is 5.32 Å². The highest BCUT2D eigenvalue weighted by molar-refractivity contribution is 6.39. The molecule has 4 rings (SSSR count). The predicted octanol–water partition coefficient (Wildman–Crippen LogP) is 4.58. The topological polar surface area (TPSA) is 162 Å². The summed E-state index contributed by atoms with van der Waals surface area (Å²) in [4.78, 5) is 59.7. The molecule has 3 aromatic rings. The van der Waals surface area contributed by atoms with Gasteiger partial charge in [-0.15, -0.1) is 0 Å². The Morgan fingerprint density at radius 2 is 1.65 bits per heavy atom. The predicted molar refractivity (Wildman–Crippen MR) is 131 cm³/mol. The molecule has 0 spiro atoms. The highest BCUT2D eigenvalue weighted by Gasteiger charge is 2.37. The molecule has 37 heavy (non-hydrogen) atoms. The Balaban J connectivity index is 1.66. The number of anilines is 1. The molecule has 0 radical (unpaired) electrons. The molecule has 12 nitrogen and oxygen atoms in total. The average Bonchev–Trinajstić information content (AvgIpc) is 2.84. The quantitative estimate of drug-likeness (QED) is 0.222. The smallest absolute Gasteiger partial charge is 0.335 e. The van der Waals surface area contributed by atoms with Crippen molar-refractivity contribution >= 4 is 41.0 Å². The molecule has 0 aromatic heterocycles. The molecule has 0 saturated carbocycles. The molecule has 3 aromatic carbocycles. The normalized spacial score (nSPS) is 14.5. The summed E-state index contributed by atoms with van der Waals surface area (Å²) in [6.45, 7) is 3.71. The zero-order valence-corrected chi connectivity index (χ0v) is 19.5. The fraction of sp³-hybridized carbons (Fsp3) is 0.0800. The zero-order valence-electron chi connectivity index (χ0n) is 19.5. The van der Waals surface area contributed by atoms with Gasteiger partial charge in [0, 0.05) is 6.07 Å². The number of benzene rings is 3. The number of nitrogens with zero attached hydrogens (tertiary/aromatic N) is 3. The minimum Gasteiger partial charge on any atom is -0.450 e. The SMILES string of the molecule is Cc1ccc(N2C(=O)NC(=O)/C(=C/c3cccc(Oc4ccc([N+](=O)[O-])cc4[N+](=O)[O-])c3)C2=O)cc1C. The molecule has 0 bridgehead atoms. The van der Waals surface area contributed by atoms with Crippen LogP contribution in [0.5, 0.6) is 11.5 Å². The lowest BCUT2D eigenvalue weighted by Crippen LogP contribution is -2.54. The van der Waals surface area contributed by atoms with Crippen LogP contribution in [0, 0.1) is 34.1 Å². The highest BCUT2D eigenvalue weighted by atomic mass is 16.6.